The molecule has 0 aromatic heterocycles. The number of nitrogens with one attached hydrogen (secondary N) is 3. The molecule has 2 fully saturated rings. The normalized spacial score (nSPS) is 19.9. The second-order valence-electron chi connectivity index (χ2n) is 9.28. The topological polar surface area (TPSA) is 128 Å². The van der Waals surface area contributed by atoms with Crippen molar-refractivity contribution in [2.45, 2.75) is 44.4 Å². The molecule has 0 radical (unpaired) electrons. The second-order valence-corrected chi connectivity index (χ2v) is 9.28. The third-order valence-corrected chi connectivity index (χ3v) is 6.47. The van der Waals surface area contributed by atoms with Crippen molar-refractivity contribution in [3.63, 3.8) is 0 Å². The zero-order valence-electron chi connectivity index (χ0n) is 20.2. The van der Waals surface area contributed by atoms with Crippen molar-refractivity contribution in [1.82, 2.24) is 20.9 Å². The van der Waals surface area contributed by atoms with Crippen molar-refractivity contribution in [1.29, 1.82) is 0 Å². The summed E-state index contributed by atoms with van der Waals surface area (Å²) in [6, 6.07) is 3.43. The average molecular weight is 525 g/mol. The molecule has 0 saturated carbocycles. The number of halogens is 3. The summed E-state index contributed by atoms with van der Waals surface area (Å²) < 4.78 is 38.3. The van der Waals surface area contributed by atoms with Crippen molar-refractivity contribution in [3.05, 3.63) is 47.5 Å². The van der Waals surface area contributed by atoms with E-state index in [2.05, 4.69) is 16.0 Å². The lowest BCUT2D eigenvalue weighted by Gasteiger charge is -2.32. The number of nitrogens with zero attached hydrogens (tertiary/aromatic N) is 1. The SMILES string of the molecule is O=C(O)C[C@H](NC(=O)c1ccc(C(F)(F)F)cc1)NC(=O)[C@@H]1CCCN(C(=O)/C=C/C2CCNCC2)C1. The highest BCUT2D eigenvalue weighted by Gasteiger charge is 2.31. The van der Waals surface area contributed by atoms with Crippen molar-refractivity contribution in [2.24, 2.45) is 11.8 Å². The van der Waals surface area contributed by atoms with Gasteiger partial charge in [0.25, 0.3) is 5.91 Å². The van der Waals surface area contributed by atoms with Gasteiger partial charge in [0.2, 0.25) is 11.8 Å². The van der Waals surface area contributed by atoms with Gasteiger partial charge >= 0.3 is 12.1 Å². The number of likely N-dealkylation sites (tertiary alicyclic amines) is 1. The maximum Gasteiger partial charge on any atom is 0.416 e. The molecule has 2 aliphatic heterocycles. The van der Waals surface area contributed by atoms with Crippen LogP contribution in [0.5, 0.6) is 0 Å². The van der Waals surface area contributed by atoms with Crippen LogP contribution in [-0.2, 0) is 20.6 Å². The second kappa shape index (κ2) is 12.7. The monoisotopic (exact) mass is 524 g/mol. The van der Waals surface area contributed by atoms with Gasteiger partial charge in [0.05, 0.1) is 17.9 Å². The van der Waals surface area contributed by atoms with Crippen LogP contribution in [0.3, 0.4) is 0 Å². The van der Waals surface area contributed by atoms with Crippen molar-refractivity contribution < 1.29 is 37.5 Å². The first-order chi connectivity index (χ1) is 17.5. The molecule has 2 saturated heterocycles. The van der Waals surface area contributed by atoms with E-state index < -0.39 is 48.0 Å². The molecule has 4 N–H and O–H groups in total. The molecule has 2 atom stereocenters. The summed E-state index contributed by atoms with van der Waals surface area (Å²) >= 11 is 0. The van der Waals surface area contributed by atoms with Crippen molar-refractivity contribution >= 4 is 23.7 Å². The predicted molar refractivity (Wildman–Crippen MR) is 127 cm³/mol. The first kappa shape index (κ1) is 28.2. The number of allylic oxidation sites excluding steroid dienone is 1. The van der Waals surface area contributed by atoms with Crippen LogP contribution in [0.4, 0.5) is 13.2 Å². The van der Waals surface area contributed by atoms with Gasteiger partial charge in [-0.2, -0.15) is 13.2 Å². The maximum absolute atomic E-state index is 12.9. The Labute approximate surface area is 212 Å². The van der Waals surface area contributed by atoms with Gasteiger partial charge < -0.3 is 26.0 Å². The minimum atomic E-state index is -4.56. The molecule has 9 nitrogen and oxygen atoms in total. The molecule has 0 unspecified atom stereocenters. The Morgan fingerprint density at radius 2 is 1.76 bits per heavy atom. The Morgan fingerprint density at radius 3 is 2.38 bits per heavy atom. The van der Waals surface area contributed by atoms with E-state index >= 15 is 0 Å². The smallest absolute Gasteiger partial charge is 0.416 e. The summed E-state index contributed by atoms with van der Waals surface area (Å²) in [5.41, 5.74) is -1.05. The number of carboxylic acids is 1. The Kier molecular flexibility index (Phi) is 9.67. The summed E-state index contributed by atoms with van der Waals surface area (Å²) in [5, 5.41) is 17.3. The summed E-state index contributed by atoms with van der Waals surface area (Å²) in [6.45, 7) is 2.47. The first-order valence-corrected chi connectivity index (χ1v) is 12.2. The van der Waals surface area contributed by atoms with E-state index in [0.29, 0.717) is 25.3 Å². The van der Waals surface area contributed by atoms with E-state index in [1.54, 1.807) is 11.0 Å². The average Bonchev–Trinajstić information content (AvgIpc) is 2.87. The molecule has 0 bridgehead atoms. The van der Waals surface area contributed by atoms with Gasteiger partial charge in [-0.15, -0.1) is 0 Å². The highest BCUT2D eigenvalue weighted by atomic mass is 19.4. The van der Waals surface area contributed by atoms with Crippen LogP contribution >= 0.6 is 0 Å². The van der Waals surface area contributed by atoms with Crippen LogP contribution in [0.15, 0.2) is 36.4 Å². The van der Waals surface area contributed by atoms with Gasteiger partial charge in [0.15, 0.2) is 0 Å². The number of piperidine rings is 2. The van der Waals surface area contributed by atoms with Crippen molar-refractivity contribution in [2.75, 3.05) is 26.2 Å². The van der Waals surface area contributed by atoms with Gasteiger partial charge in [-0.25, -0.2) is 0 Å². The molecule has 1 aromatic carbocycles. The number of carboxylic acid groups (broad SMARTS) is 1. The van der Waals surface area contributed by atoms with E-state index in [1.165, 1.54) is 0 Å². The minimum Gasteiger partial charge on any atom is -0.481 e. The lowest BCUT2D eigenvalue weighted by atomic mass is 9.96. The molecule has 3 amide bonds. The van der Waals surface area contributed by atoms with Crippen LogP contribution < -0.4 is 16.0 Å². The highest BCUT2D eigenvalue weighted by Crippen LogP contribution is 2.29. The van der Waals surface area contributed by atoms with Crippen molar-refractivity contribution in [3.8, 4) is 0 Å². The van der Waals surface area contributed by atoms with Gasteiger partial charge in [-0.05, 0) is 75.0 Å². The maximum atomic E-state index is 12.9. The summed E-state index contributed by atoms with van der Waals surface area (Å²) in [5.74, 6) is -3.08. The molecule has 2 heterocycles. The van der Waals surface area contributed by atoms with Crippen LogP contribution in [-0.4, -0.2) is 66.0 Å². The Bertz CT molecular complexity index is 1010. The predicted octanol–water partition coefficient (Wildman–Crippen LogP) is 2.15. The summed E-state index contributed by atoms with van der Waals surface area (Å²) in [4.78, 5) is 50.9. The number of alkyl halides is 3. The number of hydrogen-bond donors (Lipinski definition) is 4. The van der Waals surface area contributed by atoms with Gasteiger partial charge in [0, 0.05) is 18.7 Å². The molecule has 37 heavy (non-hydrogen) atoms. The Morgan fingerprint density at radius 1 is 1.08 bits per heavy atom. The third kappa shape index (κ3) is 8.59. The summed E-state index contributed by atoms with van der Waals surface area (Å²) in [6.07, 6.45) is -0.0337. The number of aliphatic carboxylic acids is 1. The van der Waals surface area contributed by atoms with E-state index in [-0.39, 0.29) is 18.0 Å². The van der Waals surface area contributed by atoms with Crippen LogP contribution in [0.1, 0.15) is 48.0 Å². The number of amides is 3. The fourth-order valence-electron chi connectivity index (χ4n) is 4.41. The standard InChI is InChI=1S/C25H31F3N4O5/c26-25(27,28)19-6-4-17(5-7-19)23(36)30-20(14-22(34)35)31-24(37)18-2-1-13-32(15-18)21(33)8-3-16-9-11-29-12-10-16/h3-8,16,18,20,29H,1-2,9-15H2,(H,30,36)(H,31,37)(H,34,35)/b8-3+/t18-,20-/m1/s1. The van der Waals surface area contributed by atoms with Gasteiger partial charge in [-0.1, -0.05) is 6.08 Å². The van der Waals surface area contributed by atoms with E-state index in [1.807, 2.05) is 6.08 Å². The quantitative estimate of drug-likeness (QED) is 0.305. The molecule has 3 rings (SSSR count). The number of carbonyl (C=O) groups is 4. The molecule has 2 aliphatic rings. The number of benzene rings is 1. The number of carbonyl (C=O) groups excluding carboxylic acids is 3. The molecule has 1 aromatic rings. The fraction of sp³-hybridized carbons (Fsp3) is 0.520. The Balaban J connectivity index is 1.58. The lowest BCUT2D eigenvalue weighted by molar-refractivity contribution is -0.139. The van der Waals surface area contributed by atoms with Gasteiger partial charge in [-0.3, -0.25) is 19.2 Å². The fourth-order valence-corrected chi connectivity index (χ4v) is 4.41. The third-order valence-electron chi connectivity index (χ3n) is 6.47. The van der Waals surface area contributed by atoms with E-state index in [0.717, 1.165) is 50.2 Å². The van der Waals surface area contributed by atoms with Gasteiger partial charge in [0.1, 0.15) is 6.17 Å². The van der Waals surface area contributed by atoms with Crippen LogP contribution in [0.25, 0.3) is 0 Å². The first-order valence-electron chi connectivity index (χ1n) is 12.2. The largest absolute Gasteiger partial charge is 0.481 e. The highest BCUT2D eigenvalue weighted by molar-refractivity contribution is 5.95. The van der Waals surface area contributed by atoms with Crippen LogP contribution in [0, 0.1) is 11.8 Å². The zero-order chi connectivity index (χ0) is 27.0. The van der Waals surface area contributed by atoms with E-state index in [4.69, 9.17) is 0 Å². The molecule has 0 aliphatic carbocycles. The summed E-state index contributed by atoms with van der Waals surface area (Å²) in [7, 11) is 0. The molecule has 202 valence electrons. The molecule has 0 spiro atoms. The number of hydrogen-bond acceptors (Lipinski definition) is 5. The molecular formula is C25H31F3N4O5. The molecule has 12 heteroatoms. The Hall–Kier alpha value is -3.41. The zero-order valence-corrected chi connectivity index (χ0v) is 20.2. The lowest BCUT2D eigenvalue weighted by Crippen LogP contribution is -2.53. The minimum absolute atomic E-state index is 0.118. The molecular weight excluding hydrogens is 493 g/mol. The van der Waals surface area contributed by atoms with Crippen LogP contribution in [0.2, 0.25) is 0 Å². The number of rotatable bonds is 8. The van der Waals surface area contributed by atoms with E-state index in [9.17, 15) is 37.5 Å².